The van der Waals surface area contributed by atoms with Crippen molar-refractivity contribution in [1.82, 2.24) is 0 Å². The summed E-state index contributed by atoms with van der Waals surface area (Å²) in [5.41, 5.74) is 7.93. The van der Waals surface area contributed by atoms with Gasteiger partial charge in [0.15, 0.2) is 5.78 Å². The van der Waals surface area contributed by atoms with E-state index in [1.807, 2.05) is 60.7 Å². The molecule has 4 aromatic carbocycles. The summed E-state index contributed by atoms with van der Waals surface area (Å²) in [5, 5.41) is 0. The maximum atomic E-state index is 12.8. The lowest BCUT2D eigenvalue weighted by molar-refractivity contribution is 0.103. The van der Waals surface area contributed by atoms with Gasteiger partial charge >= 0.3 is 0 Å². The lowest BCUT2D eigenvalue weighted by Crippen LogP contribution is -2.01. The third kappa shape index (κ3) is 4.57. The van der Waals surface area contributed by atoms with Gasteiger partial charge in [0.25, 0.3) is 0 Å². The number of carbonyl (C=O) groups excluding carboxylic acids is 1. The van der Waals surface area contributed by atoms with Gasteiger partial charge in [-0.25, -0.2) is 0 Å². The van der Waals surface area contributed by atoms with Crippen molar-refractivity contribution in [2.24, 2.45) is 0 Å². The van der Waals surface area contributed by atoms with Gasteiger partial charge in [0.05, 0.1) is 0 Å². The van der Waals surface area contributed by atoms with E-state index in [0.29, 0.717) is 11.1 Å². The molecule has 0 spiro atoms. The van der Waals surface area contributed by atoms with E-state index in [2.05, 4.69) is 62.1 Å². The van der Waals surface area contributed by atoms with Gasteiger partial charge in [-0.2, -0.15) is 0 Å². The lowest BCUT2D eigenvalue weighted by atomic mass is 9.98. The van der Waals surface area contributed by atoms with Gasteiger partial charge in [-0.05, 0) is 61.4 Å². The molecule has 0 saturated carbocycles. The summed E-state index contributed by atoms with van der Waals surface area (Å²) < 4.78 is 0. The summed E-state index contributed by atoms with van der Waals surface area (Å²) in [7, 11) is 0. The van der Waals surface area contributed by atoms with Crippen LogP contribution in [0.1, 0.15) is 38.2 Å². The van der Waals surface area contributed by atoms with Gasteiger partial charge < -0.3 is 0 Å². The van der Waals surface area contributed by atoms with E-state index < -0.39 is 0 Å². The van der Waals surface area contributed by atoms with Crippen molar-refractivity contribution in [1.29, 1.82) is 0 Å². The average molecular weight is 386 g/mol. The van der Waals surface area contributed by atoms with Gasteiger partial charge in [-0.3, -0.25) is 4.79 Å². The predicted octanol–water partition coefficient (Wildman–Crippen LogP) is 6.60. The molecule has 0 radical (unpaired) electrons. The summed E-state index contributed by atoms with van der Waals surface area (Å²) in [4.78, 5) is 12.8. The average Bonchev–Trinajstić information content (AvgIpc) is 2.79. The van der Waals surface area contributed by atoms with E-state index in [0.717, 1.165) is 22.3 Å². The highest BCUT2D eigenvalue weighted by Gasteiger charge is 2.09. The molecular weight excluding hydrogens is 364 g/mol. The van der Waals surface area contributed by atoms with E-state index >= 15 is 0 Å². The molecule has 0 saturated heterocycles. The molecular formula is C29H22O. The van der Waals surface area contributed by atoms with Crippen LogP contribution in [0.3, 0.4) is 0 Å². The number of benzene rings is 4. The molecule has 0 atom stereocenters. The molecule has 4 aromatic rings. The Morgan fingerprint density at radius 1 is 0.500 bits per heavy atom. The second-order valence-electron chi connectivity index (χ2n) is 7.47. The minimum Gasteiger partial charge on any atom is -0.289 e. The number of aryl methyl sites for hydroxylation is 2. The molecule has 0 aliphatic heterocycles. The van der Waals surface area contributed by atoms with Crippen LogP contribution >= 0.6 is 0 Å². The van der Waals surface area contributed by atoms with E-state index in [1.54, 1.807) is 0 Å². The summed E-state index contributed by atoms with van der Waals surface area (Å²) in [5.74, 6) is 6.33. The van der Waals surface area contributed by atoms with E-state index in [4.69, 9.17) is 0 Å². The molecule has 0 bridgehead atoms. The molecule has 0 unspecified atom stereocenters. The fourth-order valence-corrected chi connectivity index (χ4v) is 3.21. The molecule has 0 aliphatic rings. The number of hydrogen-bond acceptors (Lipinski definition) is 1. The molecule has 30 heavy (non-hydrogen) atoms. The molecule has 0 N–H and O–H groups in total. The summed E-state index contributed by atoms with van der Waals surface area (Å²) >= 11 is 0. The Labute approximate surface area is 178 Å². The summed E-state index contributed by atoms with van der Waals surface area (Å²) in [6, 6.07) is 31.8. The van der Waals surface area contributed by atoms with Crippen LogP contribution in [0.4, 0.5) is 0 Å². The van der Waals surface area contributed by atoms with E-state index in [-0.39, 0.29) is 5.78 Å². The van der Waals surface area contributed by atoms with Crippen LogP contribution in [0, 0.1) is 25.7 Å². The van der Waals surface area contributed by atoms with Crippen molar-refractivity contribution in [2.75, 3.05) is 0 Å². The minimum atomic E-state index is 0.0171. The van der Waals surface area contributed by atoms with Gasteiger partial charge in [-0.1, -0.05) is 83.6 Å². The van der Waals surface area contributed by atoms with Crippen molar-refractivity contribution < 1.29 is 4.79 Å². The third-order valence-corrected chi connectivity index (χ3v) is 5.08. The third-order valence-electron chi connectivity index (χ3n) is 5.08. The van der Waals surface area contributed by atoms with Crippen LogP contribution in [-0.4, -0.2) is 5.78 Å². The second-order valence-corrected chi connectivity index (χ2v) is 7.47. The van der Waals surface area contributed by atoms with Gasteiger partial charge in [-0.15, -0.1) is 0 Å². The first kappa shape index (κ1) is 19.4. The molecule has 144 valence electrons. The topological polar surface area (TPSA) is 17.1 Å². The first-order valence-corrected chi connectivity index (χ1v) is 9.99. The minimum absolute atomic E-state index is 0.0171. The fraction of sp³-hybridized carbons (Fsp3) is 0.0690. The Morgan fingerprint density at radius 2 is 0.833 bits per heavy atom. The van der Waals surface area contributed by atoms with Gasteiger partial charge in [0, 0.05) is 22.3 Å². The molecule has 0 heterocycles. The highest BCUT2D eigenvalue weighted by molar-refractivity contribution is 6.09. The van der Waals surface area contributed by atoms with Crippen LogP contribution in [0.15, 0.2) is 97.1 Å². The maximum Gasteiger partial charge on any atom is 0.193 e. The Bertz CT molecular complexity index is 1220. The largest absolute Gasteiger partial charge is 0.289 e. The van der Waals surface area contributed by atoms with Crippen LogP contribution in [0.2, 0.25) is 0 Å². The van der Waals surface area contributed by atoms with Crippen molar-refractivity contribution in [3.8, 4) is 23.0 Å². The number of carbonyl (C=O) groups is 1. The summed E-state index contributed by atoms with van der Waals surface area (Å²) in [6.07, 6.45) is 0. The zero-order chi connectivity index (χ0) is 20.9. The van der Waals surface area contributed by atoms with Crippen LogP contribution in [0.25, 0.3) is 11.1 Å². The van der Waals surface area contributed by atoms with E-state index in [1.165, 1.54) is 11.1 Å². The summed E-state index contributed by atoms with van der Waals surface area (Å²) in [6.45, 7) is 4.13. The highest BCUT2D eigenvalue weighted by atomic mass is 16.1. The molecule has 4 rings (SSSR count). The maximum absolute atomic E-state index is 12.8. The molecule has 1 nitrogen and oxygen atoms in total. The Balaban J connectivity index is 1.48. The van der Waals surface area contributed by atoms with Crippen LogP contribution in [-0.2, 0) is 0 Å². The SMILES string of the molecule is Cc1ccc(C#Cc2ccc(C(=O)c3ccc(-c4ccc(C)cc4)cc3)cc2)cc1. The quantitative estimate of drug-likeness (QED) is 0.286. The predicted molar refractivity (Wildman–Crippen MR) is 124 cm³/mol. The normalized spacial score (nSPS) is 10.2. The van der Waals surface area contributed by atoms with Crippen molar-refractivity contribution in [3.05, 3.63) is 130 Å². The van der Waals surface area contributed by atoms with Crippen molar-refractivity contribution >= 4 is 5.78 Å². The molecule has 0 amide bonds. The van der Waals surface area contributed by atoms with E-state index in [9.17, 15) is 4.79 Å². The molecule has 0 aromatic heterocycles. The zero-order valence-corrected chi connectivity index (χ0v) is 17.1. The first-order chi connectivity index (χ1) is 14.6. The Morgan fingerprint density at radius 3 is 1.30 bits per heavy atom. The lowest BCUT2D eigenvalue weighted by Gasteiger charge is -2.05. The monoisotopic (exact) mass is 386 g/mol. The number of rotatable bonds is 3. The van der Waals surface area contributed by atoms with Crippen LogP contribution in [0.5, 0.6) is 0 Å². The smallest absolute Gasteiger partial charge is 0.193 e. The fourth-order valence-electron chi connectivity index (χ4n) is 3.21. The standard InChI is InChI=1S/C29H22O/c1-21-3-7-23(8-4-21)9-10-24-11-15-27(16-12-24)29(30)28-19-17-26(18-20-28)25-13-5-22(2)6-14-25/h3-8,11-20H,1-2H3. The molecule has 0 aliphatic carbocycles. The van der Waals surface area contributed by atoms with Gasteiger partial charge in [0.2, 0.25) is 0 Å². The van der Waals surface area contributed by atoms with Crippen LogP contribution < -0.4 is 0 Å². The van der Waals surface area contributed by atoms with Crippen molar-refractivity contribution in [3.63, 3.8) is 0 Å². The molecule has 1 heteroatoms. The number of hydrogen-bond donors (Lipinski definition) is 0. The Kier molecular flexibility index (Phi) is 5.59. The number of ketones is 1. The van der Waals surface area contributed by atoms with Crippen molar-refractivity contribution in [2.45, 2.75) is 13.8 Å². The first-order valence-electron chi connectivity index (χ1n) is 9.99. The Hall–Kier alpha value is -3.89. The zero-order valence-electron chi connectivity index (χ0n) is 17.1. The van der Waals surface area contributed by atoms with Gasteiger partial charge in [0.1, 0.15) is 0 Å². The highest BCUT2D eigenvalue weighted by Crippen LogP contribution is 2.21. The molecule has 0 fully saturated rings. The second kappa shape index (κ2) is 8.64.